The van der Waals surface area contributed by atoms with Gasteiger partial charge in [0.05, 0.1) is 13.7 Å². The Hall–Kier alpha value is -2.77. The number of ether oxygens (including phenoxy) is 1. The van der Waals surface area contributed by atoms with Crippen LogP contribution in [0.1, 0.15) is 35.4 Å². The van der Waals surface area contributed by atoms with Gasteiger partial charge in [-0.15, -0.1) is 0 Å². The smallest absolute Gasteiger partial charge is 0.321 e. The molecule has 1 aliphatic rings. The fourth-order valence-corrected chi connectivity index (χ4v) is 2.56. The van der Waals surface area contributed by atoms with Crippen molar-refractivity contribution < 1.29 is 9.53 Å². The first-order chi connectivity index (χ1) is 11.8. The number of carbonyl (C=O) groups excluding carboxylic acids is 1. The zero-order chi connectivity index (χ0) is 16.8. The van der Waals surface area contributed by atoms with Crippen LogP contribution in [0.2, 0.25) is 0 Å². The molecule has 1 fully saturated rings. The molecular formula is C16H20N6O2. The summed E-state index contributed by atoms with van der Waals surface area (Å²) in [4.78, 5) is 31.1. The third-order valence-electron chi connectivity index (χ3n) is 3.82. The van der Waals surface area contributed by atoms with Crippen molar-refractivity contribution in [2.45, 2.75) is 25.8 Å². The molecule has 0 spiro atoms. The van der Waals surface area contributed by atoms with Crippen molar-refractivity contribution >= 4 is 11.9 Å². The molecule has 8 nitrogen and oxygen atoms in total. The number of rotatable bonds is 5. The maximum atomic E-state index is 12.1. The maximum Gasteiger partial charge on any atom is 0.321 e. The van der Waals surface area contributed by atoms with Crippen LogP contribution in [0.25, 0.3) is 0 Å². The lowest BCUT2D eigenvalue weighted by atomic mass is 10.1. The molecule has 0 unspecified atom stereocenters. The van der Waals surface area contributed by atoms with Crippen molar-refractivity contribution in [2.24, 2.45) is 0 Å². The summed E-state index contributed by atoms with van der Waals surface area (Å²) < 4.78 is 5.17. The summed E-state index contributed by atoms with van der Waals surface area (Å²) in [5.74, 6) is 0.885. The Morgan fingerprint density at radius 2 is 1.92 bits per heavy atom. The van der Waals surface area contributed by atoms with Gasteiger partial charge >= 0.3 is 6.01 Å². The first kappa shape index (κ1) is 16.1. The van der Waals surface area contributed by atoms with Gasteiger partial charge in [-0.1, -0.05) is 0 Å². The Morgan fingerprint density at radius 1 is 1.17 bits per heavy atom. The average Bonchev–Trinajstić information content (AvgIpc) is 2.67. The van der Waals surface area contributed by atoms with Gasteiger partial charge in [0.1, 0.15) is 0 Å². The van der Waals surface area contributed by atoms with E-state index in [0.717, 1.165) is 25.9 Å². The summed E-state index contributed by atoms with van der Waals surface area (Å²) in [6.07, 6.45) is 6.64. The number of piperidine rings is 1. The molecule has 0 aromatic carbocycles. The van der Waals surface area contributed by atoms with E-state index in [1.54, 1.807) is 24.5 Å². The van der Waals surface area contributed by atoms with Gasteiger partial charge < -0.3 is 15.0 Å². The van der Waals surface area contributed by atoms with E-state index in [2.05, 4.69) is 30.2 Å². The summed E-state index contributed by atoms with van der Waals surface area (Å²) in [7, 11) is 1.52. The molecule has 0 bridgehead atoms. The van der Waals surface area contributed by atoms with E-state index in [-0.39, 0.29) is 18.5 Å². The minimum atomic E-state index is -0.198. The Morgan fingerprint density at radius 3 is 2.62 bits per heavy atom. The molecule has 3 rings (SSSR count). The zero-order valence-corrected chi connectivity index (χ0v) is 13.6. The number of nitrogens with zero attached hydrogens (tertiary/aromatic N) is 5. The molecule has 2 aromatic rings. The summed E-state index contributed by atoms with van der Waals surface area (Å²) in [6.45, 7) is 2.06. The monoisotopic (exact) mass is 328 g/mol. The molecule has 126 valence electrons. The van der Waals surface area contributed by atoms with Gasteiger partial charge in [-0.05, 0) is 31.4 Å². The van der Waals surface area contributed by atoms with Crippen LogP contribution in [0, 0.1) is 0 Å². The number of aromatic nitrogens is 4. The van der Waals surface area contributed by atoms with Crippen LogP contribution < -0.4 is 15.0 Å². The van der Waals surface area contributed by atoms with Gasteiger partial charge in [-0.25, -0.2) is 0 Å². The third kappa shape index (κ3) is 3.95. The molecule has 1 saturated heterocycles. The van der Waals surface area contributed by atoms with Crippen LogP contribution in [0.5, 0.6) is 6.01 Å². The first-order valence-electron chi connectivity index (χ1n) is 7.98. The lowest BCUT2D eigenvalue weighted by molar-refractivity contribution is 0.0949. The van der Waals surface area contributed by atoms with Crippen LogP contribution in [-0.4, -0.2) is 46.0 Å². The van der Waals surface area contributed by atoms with Crippen molar-refractivity contribution in [3.8, 4) is 6.01 Å². The van der Waals surface area contributed by atoms with Crippen LogP contribution in [-0.2, 0) is 6.54 Å². The Labute approximate surface area is 140 Å². The van der Waals surface area contributed by atoms with Crippen molar-refractivity contribution in [3.05, 3.63) is 35.9 Å². The SMILES string of the molecule is COc1nc(CNC(=O)c2ccncc2)nc(N2CCCCC2)n1. The van der Waals surface area contributed by atoms with Gasteiger partial charge in [-0.2, -0.15) is 15.0 Å². The van der Waals surface area contributed by atoms with Crippen molar-refractivity contribution in [1.29, 1.82) is 0 Å². The molecule has 0 atom stereocenters. The van der Waals surface area contributed by atoms with Crippen LogP contribution in [0.3, 0.4) is 0 Å². The molecule has 0 aliphatic carbocycles. The Balaban J connectivity index is 1.71. The highest BCUT2D eigenvalue weighted by Gasteiger charge is 2.17. The second-order valence-corrected chi connectivity index (χ2v) is 5.50. The lowest BCUT2D eigenvalue weighted by Gasteiger charge is -2.26. The highest BCUT2D eigenvalue weighted by molar-refractivity contribution is 5.93. The highest BCUT2D eigenvalue weighted by atomic mass is 16.5. The quantitative estimate of drug-likeness (QED) is 0.881. The van der Waals surface area contributed by atoms with Gasteiger partial charge in [-0.3, -0.25) is 9.78 Å². The predicted molar refractivity (Wildman–Crippen MR) is 87.9 cm³/mol. The number of carbonyl (C=O) groups is 1. The fourth-order valence-electron chi connectivity index (χ4n) is 2.56. The fraction of sp³-hybridized carbons (Fsp3) is 0.438. The number of hydrogen-bond donors (Lipinski definition) is 1. The molecule has 8 heteroatoms. The van der Waals surface area contributed by atoms with E-state index >= 15 is 0 Å². The van der Waals surface area contributed by atoms with E-state index in [9.17, 15) is 4.79 Å². The Bertz CT molecular complexity index is 688. The molecule has 0 saturated carbocycles. The minimum Gasteiger partial charge on any atom is -0.467 e. The molecule has 3 heterocycles. The van der Waals surface area contributed by atoms with E-state index in [4.69, 9.17) is 4.74 Å². The number of hydrogen-bond acceptors (Lipinski definition) is 7. The molecule has 2 aromatic heterocycles. The summed E-state index contributed by atoms with van der Waals surface area (Å²) in [5.41, 5.74) is 0.544. The van der Waals surface area contributed by atoms with Gasteiger partial charge in [0.25, 0.3) is 5.91 Å². The van der Waals surface area contributed by atoms with Crippen molar-refractivity contribution in [2.75, 3.05) is 25.1 Å². The van der Waals surface area contributed by atoms with E-state index < -0.39 is 0 Å². The zero-order valence-electron chi connectivity index (χ0n) is 13.6. The number of pyridine rings is 1. The molecule has 1 amide bonds. The van der Waals surface area contributed by atoms with Gasteiger partial charge in [0.2, 0.25) is 5.95 Å². The summed E-state index contributed by atoms with van der Waals surface area (Å²) >= 11 is 0. The van der Waals surface area contributed by atoms with Gasteiger partial charge in [0.15, 0.2) is 5.82 Å². The minimum absolute atomic E-state index is 0.198. The topological polar surface area (TPSA) is 93.1 Å². The average molecular weight is 328 g/mol. The molecular weight excluding hydrogens is 308 g/mol. The molecule has 1 aliphatic heterocycles. The van der Waals surface area contributed by atoms with Crippen molar-refractivity contribution in [3.63, 3.8) is 0 Å². The summed E-state index contributed by atoms with van der Waals surface area (Å²) in [6, 6.07) is 3.57. The third-order valence-corrected chi connectivity index (χ3v) is 3.82. The number of anilines is 1. The summed E-state index contributed by atoms with van der Waals surface area (Å²) in [5, 5.41) is 2.80. The lowest BCUT2D eigenvalue weighted by Crippen LogP contribution is -2.32. The molecule has 24 heavy (non-hydrogen) atoms. The molecule has 1 N–H and O–H groups in total. The van der Waals surface area contributed by atoms with E-state index in [0.29, 0.717) is 17.3 Å². The van der Waals surface area contributed by atoms with E-state index in [1.807, 2.05) is 0 Å². The number of methoxy groups -OCH3 is 1. The number of amides is 1. The normalized spacial score (nSPS) is 14.3. The maximum absolute atomic E-state index is 12.1. The van der Waals surface area contributed by atoms with Crippen molar-refractivity contribution in [1.82, 2.24) is 25.3 Å². The Kier molecular flexibility index (Phi) is 5.15. The second kappa shape index (κ2) is 7.67. The standard InChI is InChI=1S/C16H20N6O2/c1-24-16-20-13(11-18-14(23)12-5-7-17-8-6-12)19-15(21-16)22-9-3-2-4-10-22/h5-8H,2-4,9-11H2,1H3,(H,18,23). The van der Waals surface area contributed by atoms with Crippen LogP contribution in [0.15, 0.2) is 24.5 Å². The molecule has 0 radical (unpaired) electrons. The number of nitrogens with one attached hydrogen (secondary N) is 1. The predicted octanol–water partition coefficient (Wildman–Crippen LogP) is 1.20. The van der Waals surface area contributed by atoms with Crippen LogP contribution >= 0.6 is 0 Å². The second-order valence-electron chi connectivity index (χ2n) is 5.50. The van der Waals surface area contributed by atoms with Crippen LogP contribution in [0.4, 0.5) is 5.95 Å². The first-order valence-corrected chi connectivity index (χ1v) is 7.98. The van der Waals surface area contributed by atoms with Gasteiger partial charge in [0, 0.05) is 31.0 Å². The van der Waals surface area contributed by atoms with E-state index in [1.165, 1.54) is 13.5 Å². The largest absolute Gasteiger partial charge is 0.467 e. The highest BCUT2D eigenvalue weighted by Crippen LogP contribution is 2.17.